The first kappa shape index (κ1) is 26.8. The van der Waals surface area contributed by atoms with Crippen molar-refractivity contribution in [2.24, 2.45) is 11.0 Å². The van der Waals surface area contributed by atoms with Crippen molar-refractivity contribution in [2.45, 2.75) is 24.2 Å². The van der Waals surface area contributed by atoms with E-state index in [1.807, 2.05) is 11.4 Å². The fraction of sp³-hybridized carbons (Fsp3) is 0.214. The monoisotopic (exact) mass is 584 g/mol. The minimum atomic E-state index is -3.53. The van der Waals surface area contributed by atoms with Crippen molar-refractivity contribution in [3.8, 4) is 11.3 Å². The Kier molecular flexibility index (Phi) is 8.45. The van der Waals surface area contributed by atoms with Crippen LogP contribution in [0, 0.1) is 5.92 Å². The molecule has 5 rings (SSSR count). The third kappa shape index (κ3) is 6.45. The summed E-state index contributed by atoms with van der Waals surface area (Å²) in [7, 11) is -3.53. The summed E-state index contributed by atoms with van der Waals surface area (Å²) >= 11 is 13.5. The van der Waals surface area contributed by atoms with Crippen LogP contribution in [0.2, 0.25) is 10.0 Å². The van der Waals surface area contributed by atoms with Crippen molar-refractivity contribution in [3.05, 3.63) is 99.3 Å². The SMILES string of the molecule is O=S(=O)(c1ccc(-c2csc(N/N=C/c3ccc(Cl)cc3Cl)n2)cc1)N1CCC(Cc2ccccc2)CC1. The zero-order valence-electron chi connectivity index (χ0n) is 20.4. The lowest BCUT2D eigenvalue weighted by atomic mass is 9.91. The Balaban J connectivity index is 1.18. The van der Waals surface area contributed by atoms with Crippen LogP contribution >= 0.6 is 34.5 Å². The highest BCUT2D eigenvalue weighted by Gasteiger charge is 2.29. The van der Waals surface area contributed by atoms with Crippen molar-refractivity contribution in [3.63, 3.8) is 0 Å². The van der Waals surface area contributed by atoms with Gasteiger partial charge in [-0.2, -0.15) is 9.41 Å². The van der Waals surface area contributed by atoms with E-state index in [1.54, 1.807) is 53.0 Å². The molecule has 1 N–H and O–H groups in total. The fourth-order valence-electron chi connectivity index (χ4n) is 4.47. The van der Waals surface area contributed by atoms with Crippen LogP contribution in [0.5, 0.6) is 0 Å². The van der Waals surface area contributed by atoms with Crippen LogP contribution in [-0.4, -0.2) is 37.0 Å². The largest absolute Gasteiger partial charge is 0.253 e. The number of piperidine rings is 1. The van der Waals surface area contributed by atoms with E-state index in [1.165, 1.54) is 16.9 Å². The van der Waals surface area contributed by atoms with Crippen molar-refractivity contribution in [1.82, 2.24) is 9.29 Å². The van der Waals surface area contributed by atoms with Gasteiger partial charge in [0.2, 0.25) is 15.2 Å². The Morgan fingerprint density at radius 2 is 1.76 bits per heavy atom. The first-order valence-electron chi connectivity index (χ1n) is 12.2. The number of halogens is 2. The minimum Gasteiger partial charge on any atom is -0.253 e. The number of sulfonamides is 1. The normalized spacial score (nSPS) is 15.2. The Morgan fingerprint density at radius 1 is 1.03 bits per heavy atom. The molecule has 4 aromatic rings. The van der Waals surface area contributed by atoms with E-state index in [2.05, 4.69) is 39.8 Å². The topological polar surface area (TPSA) is 74.7 Å². The highest BCUT2D eigenvalue weighted by molar-refractivity contribution is 7.89. The van der Waals surface area contributed by atoms with E-state index in [0.29, 0.717) is 39.1 Å². The molecule has 10 heteroatoms. The van der Waals surface area contributed by atoms with E-state index < -0.39 is 10.0 Å². The Morgan fingerprint density at radius 3 is 2.47 bits per heavy atom. The summed E-state index contributed by atoms with van der Waals surface area (Å²) in [6.45, 7) is 1.09. The molecule has 196 valence electrons. The van der Waals surface area contributed by atoms with E-state index in [-0.39, 0.29) is 0 Å². The van der Waals surface area contributed by atoms with Crippen LogP contribution in [-0.2, 0) is 16.4 Å². The van der Waals surface area contributed by atoms with Gasteiger partial charge in [0.15, 0.2) is 0 Å². The summed E-state index contributed by atoms with van der Waals surface area (Å²) in [5.41, 5.74) is 6.52. The number of aromatic nitrogens is 1. The molecule has 0 aliphatic carbocycles. The van der Waals surface area contributed by atoms with Gasteiger partial charge >= 0.3 is 0 Å². The minimum absolute atomic E-state index is 0.306. The molecule has 3 aromatic carbocycles. The maximum absolute atomic E-state index is 13.3. The second-order valence-electron chi connectivity index (χ2n) is 9.14. The van der Waals surface area contributed by atoms with Crippen LogP contribution in [0.1, 0.15) is 24.0 Å². The van der Waals surface area contributed by atoms with Gasteiger partial charge in [-0.1, -0.05) is 71.7 Å². The summed E-state index contributed by atoms with van der Waals surface area (Å²) in [6.07, 6.45) is 4.33. The predicted molar refractivity (Wildman–Crippen MR) is 157 cm³/mol. The predicted octanol–water partition coefficient (Wildman–Crippen LogP) is 7.21. The van der Waals surface area contributed by atoms with E-state index in [9.17, 15) is 8.42 Å². The molecule has 1 saturated heterocycles. The smallest absolute Gasteiger partial charge is 0.243 e. The first-order valence-corrected chi connectivity index (χ1v) is 15.3. The molecule has 0 unspecified atom stereocenters. The zero-order valence-corrected chi connectivity index (χ0v) is 23.6. The van der Waals surface area contributed by atoms with Crippen LogP contribution in [0.4, 0.5) is 5.13 Å². The molecule has 0 bridgehead atoms. The number of hydrogen-bond donors (Lipinski definition) is 1. The number of hydrogen-bond acceptors (Lipinski definition) is 6. The summed E-state index contributed by atoms with van der Waals surface area (Å²) in [5.74, 6) is 0.506. The molecule has 1 aromatic heterocycles. The number of thiazole rings is 1. The molecule has 38 heavy (non-hydrogen) atoms. The van der Waals surface area contributed by atoms with Gasteiger partial charge in [-0.05, 0) is 55.0 Å². The Labute approximate surface area is 237 Å². The number of nitrogens with one attached hydrogen (secondary N) is 1. The lowest BCUT2D eigenvalue weighted by molar-refractivity contribution is 0.273. The van der Waals surface area contributed by atoms with E-state index in [0.717, 1.165) is 36.1 Å². The van der Waals surface area contributed by atoms with Crippen LogP contribution in [0.15, 0.2) is 88.2 Å². The Hall–Kier alpha value is -2.75. The summed E-state index contributed by atoms with van der Waals surface area (Å²) < 4.78 is 28.1. The maximum atomic E-state index is 13.3. The van der Waals surface area contributed by atoms with Crippen molar-refractivity contribution < 1.29 is 8.42 Å². The molecular formula is C28H26Cl2N4O2S2. The quantitative estimate of drug-likeness (QED) is 0.175. The molecular weight excluding hydrogens is 559 g/mol. The Bertz CT molecular complexity index is 1520. The molecule has 6 nitrogen and oxygen atoms in total. The van der Waals surface area contributed by atoms with Gasteiger partial charge in [-0.15, -0.1) is 11.3 Å². The third-order valence-electron chi connectivity index (χ3n) is 6.56. The first-order chi connectivity index (χ1) is 18.4. The molecule has 1 aliphatic heterocycles. The average Bonchev–Trinajstić information content (AvgIpc) is 3.40. The molecule has 2 heterocycles. The van der Waals surface area contributed by atoms with Crippen molar-refractivity contribution in [2.75, 3.05) is 18.5 Å². The second-order valence-corrected chi connectivity index (χ2v) is 12.8. The van der Waals surface area contributed by atoms with Crippen molar-refractivity contribution >= 4 is 55.9 Å². The van der Waals surface area contributed by atoms with Gasteiger partial charge in [0.05, 0.1) is 21.8 Å². The molecule has 1 fully saturated rings. The highest BCUT2D eigenvalue weighted by atomic mass is 35.5. The van der Waals surface area contributed by atoms with E-state index >= 15 is 0 Å². The standard InChI is InChI=1S/C28H26Cl2N4O2S2/c29-24-9-6-23(26(30)17-24)18-31-33-28-32-27(19-37-28)22-7-10-25(11-8-22)38(35,36)34-14-12-21(13-15-34)16-20-4-2-1-3-5-20/h1-11,17-19,21H,12-16H2,(H,32,33)/b31-18+. The number of rotatable bonds is 8. The van der Waals surface area contributed by atoms with Gasteiger partial charge < -0.3 is 0 Å². The number of benzene rings is 3. The molecule has 0 spiro atoms. The molecule has 1 aliphatic rings. The summed E-state index contributed by atoms with van der Waals surface area (Å²) in [5, 5.41) is 7.77. The van der Waals surface area contributed by atoms with Crippen LogP contribution in [0.25, 0.3) is 11.3 Å². The number of hydrazone groups is 1. The average molecular weight is 586 g/mol. The zero-order chi connectivity index (χ0) is 26.5. The van der Waals surface area contributed by atoms with E-state index in [4.69, 9.17) is 23.2 Å². The summed E-state index contributed by atoms with van der Waals surface area (Å²) in [4.78, 5) is 4.86. The highest BCUT2D eigenvalue weighted by Crippen LogP contribution is 2.29. The third-order valence-corrected chi connectivity index (χ3v) is 9.78. The van der Waals surface area contributed by atoms with Gasteiger partial charge in [0, 0.05) is 34.6 Å². The van der Waals surface area contributed by atoms with Crippen LogP contribution in [0.3, 0.4) is 0 Å². The van der Waals surface area contributed by atoms with Crippen LogP contribution < -0.4 is 5.43 Å². The lowest BCUT2D eigenvalue weighted by Crippen LogP contribution is -2.38. The second kappa shape index (κ2) is 12.0. The number of anilines is 1. The molecule has 0 atom stereocenters. The fourth-order valence-corrected chi connectivity index (χ4v) is 7.06. The lowest BCUT2D eigenvalue weighted by Gasteiger charge is -2.31. The molecule has 0 saturated carbocycles. The van der Waals surface area contributed by atoms with Gasteiger partial charge in [0.25, 0.3) is 0 Å². The van der Waals surface area contributed by atoms with Gasteiger partial charge in [0.1, 0.15) is 0 Å². The van der Waals surface area contributed by atoms with Crippen molar-refractivity contribution in [1.29, 1.82) is 0 Å². The molecule has 0 amide bonds. The number of nitrogens with zero attached hydrogens (tertiary/aromatic N) is 3. The summed E-state index contributed by atoms with van der Waals surface area (Å²) in [6, 6.07) is 22.5. The molecule has 0 radical (unpaired) electrons. The maximum Gasteiger partial charge on any atom is 0.243 e. The van der Waals surface area contributed by atoms with Gasteiger partial charge in [-0.25, -0.2) is 13.4 Å². The van der Waals surface area contributed by atoms with Gasteiger partial charge in [-0.3, -0.25) is 5.43 Å².